The minimum atomic E-state index is -0.848. The third kappa shape index (κ3) is 6.12. The zero-order chi connectivity index (χ0) is 28.2. The van der Waals surface area contributed by atoms with Crippen molar-refractivity contribution in [3.8, 4) is 11.1 Å². The van der Waals surface area contributed by atoms with Crippen LogP contribution in [0.15, 0.2) is 71.3 Å². The first-order chi connectivity index (χ1) is 19.3. The summed E-state index contributed by atoms with van der Waals surface area (Å²) in [6, 6.07) is 20.1. The summed E-state index contributed by atoms with van der Waals surface area (Å²) in [5.41, 5.74) is 4.53. The van der Waals surface area contributed by atoms with Crippen LogP contribution in [0.3, 0.4) is 0 Å². The Hall–Kier alpha value is -3.92. The van der Waals surface area contributed by atoms with Gasteiger partial charge in [-0.3, -0.25) is 9.69 Å². The first-order valence-corrected chi connectivity index (χ1v) is 14.1. The lowest BCUT2D eigenvalue weighted by atomic mass is 9.98. The number of alkyl carbamates (subject to hydrolysis) is 1. The number of hydrogen-bond donors (Lipinski definition) is 2. The first kappa shape index (κ1) is 27.6. The van der Waals surface area contributed by atoms with Crippen molar-refractivity contribution >= 4 is 39.8 Å². The third-order valence-corrected chi connectivity index (χ3v) is 7.45. The number of pyridine rings is 1. The van der Waals surface area contributed by atoms with Gasteiger partial charge in [-0.05, 0) is 62.7 Å². The second kappa shape index (κ2) is 12.1. The van der Waals surface area contributed by atoms with Gasteiger partial charge in [0.15, 0.2) is 0 Å². The molecule has 0 radical (unpaired) electrons. The van der Waals surface area contributed by atoms with Crippen LogP contribution in [-0.4, -0.2) is 59.8 Å². The summed E-state index contributed by atoms with van der Waals surface area (Å²) >= 11 is 3.29. The van der Waals surface area contributed by atoms with E-state index in [1.165, 1.54) is 4.90 Å². The molecule has 0 saturated carbocycles. The molecular weight excluding hydrogens is 576 g/mol. The van der Waals surface area contributed by atoms with Crippen LogP contribution in [0.5, 0.6) is 0 Å². The maximum atomic E-state index is 13.2. The number of rotatable bonds is 7. The number of carbonyl (C=O) groups excluding carboxylic acids is 3. The van der Waals surface area contributed by atoms with E-state index in [2.05, 4.69) is 55.8 Å². The van der Waals surface area contributed by atoms with Crippen LogP contribution >= 0.6 is 15.9 Å². The molecule has 9 nitrogen and oxygen atoms in total. The Balaban J connectivity index is 1.24. The van der Waals surface area contributed by atoms with Gasteiger partial charge in [0.25, 0.3) is 0 Å². The molecular formula is C30H31BrN4O5. The van der Waals surface area contributed by atoms with Crippen LogP contribution in [0.4, 0.5) is 15.4 Å². The van der Waals surface area contributed by atoms with E-state index in [1.54, 1.807) is 18.2 Å². The highest BCUT2D eigenvalue weighted by Gasteiger charge is 2.41. The van der Waals surface area contributed by atoms with Gasteiger partial charge in [-0.15, -0.1) is 0 Å². The van der Waals surface area contributed by atoms with E-state index in [-0.39, 0.29) is 38.0 Å². The summed E-state index contributed by atoms with van der Waals surface area (Å²) < 4.78 is 11.7. The molecule has 208 valence electrons. The third-order valence-electron chi connectivity index (χ3n) is 7.01. The Morgan fingerprint density at radius 2 is 1.65 bits per heavy atom. The number of nitrogens with zero attached hydrogens (tertiary/aromatic N) is 2. The van der Waals surface area contributed by atoms with E-state index in [4.69, 9.17) is 9.47 Å². The molecule has 2 aromatic carbocycles. The van der Waals surface area contributed by atoms with Gasteiger partial charge in [-0.2, -0.15) is 0 Å². The van der Waals surface area contributed by atoms with Crippen LogP contribution in [0, 0.1) is 5.92 Å². The standard InChI is InChI=1S/C30H31BrN4O5/c1-18(2)16-40-30(38)35-15-19(14-25(35)28(36)34-27-13-7-12-26(31)33-27)32-29(37)39-17-24-22-10-5-3-8-20(22)21-9-4-6-11-23(21)24/h3-13,18-19,24-25H,14-17H2,1-2H3,(H,32,37)(H,33,34,36). The van der Waals surface area contributed by atoms with Crippen molar-refractivity contribution in [2.45, 2.75) is 38.3 Å². The number of benzene rings is 2. The Kier molecular flexibility index (Phi) is 8.35. The molecule has 40 heavy (non-hydrogen) atoms. The van der Waals surface area contributed by atoms with Gasteiger partial charge in [0.2, 0.25) is 5.91 Å². The van der Waals surface area contributed by atoms with E-state index < -0.39 is 30.2 Å². The van der Waals surface area contributed by atoms with Crippen molar-refractivity contribution in [1.29, 1.82) is 0 Å². The Morgan fingerprint density at radius 3 is 2.30 bits per heavy atom. The van der Waals surface area contributed by atoms with E-state index >= 15 is 0 Å². The van der Waals surface area contributed by atoms with Gasteiger partial charge in [0.1, 0.15) is 23.1 Å². The number of carbonyl (C=O) groups is 3. The van der Waals surface area contributed by atoms with E-state index in [0.29, 0.717) is 10.4 Å². The molecule has 10 heteroatoms. The topological polar surface area (TPSA) is 110 Å². The lowest BCUT2D eigenvalue weighted by Gasteiger charge is -2.23. The van der Waals surface area contributed by atoms with Crippen LogP contribution in [0.2, 0.25) is 0 Å². The van der Waals surface area contributed by atoms with Crippen molar-refractivity contribution in [1.82, 2.24) is 15.2 Å². The highest BCUT2D eigenvalue weighted by molar-refractivity contribution is 9.10. The molecule has 1 aliphatic carbocycles. The molecule has 2 heterocycles. The van der Waals surface area contributed by atoms with E-state index in [0.717, 1.165) is 22.3 Å². The van der Waals surface area contributed by atoms with Crippen molar-refractivity contribution < 1.29 is 23.9 Å². The molecule has 1 aliphatic heterocycles. The monoisotopic (exact) mass is 606 g/mol. The normalized spacial score (nSPS) is 17.8. The molecule has 3 aromatic rings. The number of fused-ring (bicyclic) bond motifs is 3. The van der Waals surface area contributed by atoms with Gasteiger partial charge in [0.05, 0.1) is 12.6 Å². The summed E-state index contributed by atoms with van der Waals surface area (Å²) in [7, 11) is 0. The van der Waals surface area contributed by atoms with Crippen molar-refractivity contribution in [2.24, 2.45) is 5.92 Å². The highest BCUT2D eigenvalue weighted by Crippen LogP contribution is 2.44. The summed E-state index contributed by atoms with van der Waals surface area (Å²) in [5.74, 6) is 0.00617. The molecule has 3 amide bonds. The van der Waals surface area contributed by atoms with E-state index in [1.807, 2.05) is 38.1 Å². The number of amides is 3. The quantitative estimate of drug-likeness (QED) is 0.341. The molecule has 0 spiro atoms. The number of halogens is 1. The molecule has 5 rings (SSSR count). The van der Waals surface area contributed by atoms with Gasteiger partial charge >= 0.3 is 12.2 Å². The van der Waals surface area contributed by atoms with Crippen LogP contribution in [0.25, 0.3) is 11.1 Å². The van der Waals surface area contributed by atoms with Gasteiger partial charge in [-0.1, -0.05) is 68.4 Å². The number of anilines is 1. The lowest BCUT2D eigenvalue weighted by Crippen LogP contribution is -2.44. The van der Waals surface area contributed by atoms with Crippen molar-refractivity contribution in [3.05, 3.63) is 82.5 Å². The van der Waals surface area contributed by atoms with Gasteiger partial charge in [-0.25, -0.2) is 14.6 Å². The van der Waals surface area contributed by atoms with Crippen LogP contribution in [0.1, 0.15) is 37.3 Å². The number of nitrogens with one attached hydrogen (secondary N) is 2. The summed E-state index contributed by atoms with van der Waals surface area (Å²) in [6.07, 6.45) is -0.995. The fourth-order valence-electron chi connectivity index (χ4n) is 5.21. The molecule has 1 aromatic heterocycles. The van der Waals surface area contributed by atoms with E-state index in [9.17, 15) is 14.4 Å². The minimum absolute atomic E-state index is 0.0690. The predicted octanol–water partition coefficient (Wildman–Crippen LogP) is 5.56. The summed E-state index contributed by atoms with van der Waals surface area (Å²) in [5, 5.41) is 5.60. The molecule has 2 aliphatic rings. The number of likely N-dealkylation sites (tertiary alicyclic amines) is 1. The number of ether oxygens (including phenoxy) is 2. The average molecular weight is 608 g/mol. The summed E-state index contributed by atoms with van der Waals surface area (Å²) in [4.78, 5) is 44.6. The van der Waals surface area contributed by atoms with Gasteiger partial charge < -0.3 is 20.1 Å². The van der Waals surface area contributed by atoms with Crippen LogP contribution in [-0.2, 0) is 14.3 Å². The van der Waals surface area contributed by atoms with Gasteiger partial charge in [0, 0.05) is 12.5 Å². The molecule has 2 N–H and O–H groups in total. The minimum Gasteiger partial charge on any atom is -0.449 e. The Bertz CT molecular complexity index is 1370. The van der Waals surface area contributed by atoms with Crippen molar-refractivity contribution in [2.75, 3.05) is 25.1 Å². The fourth-order valence-corrected chi connectivity index (χ4v) is 5.55. The predicted molar refractivity (Wildman–Crippen MR) is 154 cm³/mol. The maximum Gasteiger partial charge on any atom is 0.410 e. The second-order valence-corrected chi connectivity index (χ2v) is 11.2. The molecule has 2 atom stereocenters. The molecule has 1 fully saturated rings. The molecule has 2 unspecified atom stereocenters. The first-order valence-electron chi connectivity index (χ1n) is 13.3. The lowest BCUT2D eigenvalue weighted by molar-refractivity contribution is -0.120. The maximum absolute atomic E-state index is 13.2. The smallest absolute Gasteiger partial charge is 0.410 e. The molecule has 1 saturated heterocycles. The number of hydrogen-bond acceptors (Lipinski definition) is 6. The number of aromatic nitrogens is 1. The highest BCUT2D eigenvalue weighted by atomic mass is 79.9. The molecule has 0 bridgehead atoms. The van der Waals surface area contributed by atoms with Crippen molar-refractivity contribution in [3.63, 3.8) is 0 Å². The summed E-state index contributed by atoms with van der Waals surface area (Å²) in [6.45, 7) is 4.38. The largest absolute Gasteiger partial charge is 0.449 e. The Morgan fingerprint density at radius 1 is 0.975 bits per heavy atom. The fraction of sp³-hybridized carbons (Fsp3) is 0.333. The second-order valence-electron chi connectivity index (χ2n) is 10.4. The average Bonchev–Trinajstić information content (AvgIpc) is 3.50. The zero-order valence-electron chi connectivity index (χ0n) is 22.3. The Labute approximate surface area is 241 Å². The van der Waals surface area contributed by atoms with Crippen LogP contribution < -0.4 is 10.6 Å². The zero-order valence-corrected chi connectivity index (χ0v) is 23.9. The SMILES string of the molecule is CC(C)COC(=O)N1CC(NC(=O)OCC2c3ccccc3-c3ccccc32)CC1C(=O)Nc1cccc(Br)n1.